The zero-order valence-electron chi connectivity index (χ0n) is 15.5. The molecule has 0 saturated carbocycles. The van der Waals surface area contributed by atoms with Crippen molar-refractivity contribution in [3.05, 3.63) is 15.9 Å². The average Bonchev–Trinajstić information content (AvgIpc) is 2.81. The van der Waals surface area contributed by atoms with Crippen molar-refractivity contribution in [2.75, 3.05) is 20.2 Å². The van der Waals surface area contributed by atoms with Crippen molar-refractivity contribution in [3.63, 3.8) is 0 Å². The molecule has 8 heteroatoms. The van der Waals surface area contributed by atoms with Crippen LogP contribution in [0.25, 0.3) is 0 Å². The van der Waals surface area contributed by atoms with E-state index < -0.39 is 5.60 Å². The monoisotopic (exact) mass is 415 g/mol. The zero-order chi connectivity index (χ0) is 18.8. The van der Waals surface area contributed by atoms with Crippen molar-refractivity contribution in [2.24, 2.45) is 0 Å². The lowest BCUT2D eigenvalue weighted by atomic mass is 10.1. The fourth-order valence-corrected chi connectivity index (χ4v) is 3.26. The van der Waals surface area contributed by atoms with Crippen LogP contribution in [0.4, 0.5) is 4.79 Å². The molecule has 0 aliphatic carbocycles. The minimum Gasteiger partial charge on any atom is -0.469 e. The number of rotatable bonds is 3. The highest BCUT2D eigenvalue weighted by atomic mass is 79.9. The van der Waals surface area contributed by atoms with Gasteiger partial charge in [0.05, 0.1) is 35.4 Å². The SMILES string of the molecule is COC(=O)Cc1nn(C2CCN(C(=O)OC(C)(C)C)CC2)c(C)c1Br. The molecule has 0 bridgehead atoms. The molecule has 1 aromatic heterocycles. The van der Waals surface area contributed by atoms with Gasteiger partial charge in [-0.25, -0.2) is 4.79 Å². The minimum atomic E-state index is -0.486. The summed E-state index contributed by atoms with van der Waals surface area (Å²) in [6.07, 6.45) is 1.47. The van der Waals surface area contributed by atoms with E-state index in [1.54, 1.807) is 4.90 Å². The first kappa shape index (κ1) is 19.8. The molecule has 1 aliphatic heterocycles. The molecule has 1 saturated heterocycles. The summed E-state index contributed by atoms with van der Waals surface area (Å²) in [5, 5.41) is 4.58. The van der Waals surface area contributed by atoms with Crippen LogP contribution in [0.2, 0.25) is 0 Å². The van der Waals surface area contributed by atoms with Gasteiger partial charge in [-0.15, -0.1) is 0 Å². The standard InChI is InChI=1S/C17H26BrN3O4/c1-11-15(18)13(10-14(22)24-5)19-21(11)12-6-8-20(9-7-12)16(23)25-17(2,3)4/h12H,6-10H2,1-5H3. The number of ether oxygens (including phenoxy) is 2. The second-order valence-corrected chi connectivity index (χ2v) is 8.04. The van der Waals surface area contributed by atoms with E-state index in [-0.39, 0.29) is 24.5 Å². The van der Waals surface area contributed by atoms with Gasteiger partial charge in [0.1, 0.15) is 5.60 Å². The summed E-state index contributed by atoms with van der Waals surface area (Å²) in [5.74, 6) is -0.315. The Kier molecular flexibility index (Phi) is 6.13. The van der Waals surface area contributed by atoms with E-state index in [9.17, 15) is 9.59 Å². The van der Waals surface area contributed by atoms with Gasteiger partial charge in [0.15, 0.2) is 0 Å². The van der Waals surface area contributed by atoms with Gasteiger partial charge in [0, 0.05) is 13.1 Å². The third-order valence-corrected chi connectivity index (χ3v) is 5.18. The number of carbonyl (C=O) groups is 2. The Balaban J connectivity index is 2.02. The first-order chi connectivity index (χ1) is 11.6. The van der Waals surface area contributed by atoms with Gasteiger partial charge >= 0.3 is 12.1 Å². The second-order valence-electron chi connectivity index (χ2n) is 7.24. The topological polar surface area (TPSA) is 73.7 Å². The van der Waals surface area contributed by atoms with Crippen LogP contribution in [0.15, 0.2) is 4.47 Å². The molecule has 140 valence electrons. The van der Waals surface area contributed by atoms with E-state index in [2.05, 4.69) is 21.0 Å². The molecule has 1 aliphatic rings. The van der Waals surface area contributed by atoms with Crippen LogP contribution in [-0.4, -0.2) is 52.5 Å². The number of piperidine rings is 1. The third kappa shape index (κ3) is 4.96. The van der Waals surface area contributed by atoms with Crippen LogP contribution in [0.5, 0.6) is 0 Å². The number of carbonyl (C=O) groups excluding carboxylic acids is 2. The Morgan fingerprint density at radius 1 is 1.28 bits per heavy atom. The fourth-order valence-electron chi connectivity index (χ4n) is 2.86. The molecule has 25 heavy (non-hydrogen) atoms. The lowest BCUT2D eigenvalue weighted by molar-refractivity contribution is -0.139. The Labute approximate surface area is 156 Å². The lowest BCUT2D eigenvalue weighted by Crippen LogP contribution is -2.42. The first-order valence-electron chi connectivity index (χ1n) is 8.40. The van der Waals surface area contributed by atoms with Crippen LogP contribution in [0.1, 0.15) is 51.0 Å². The van der Waals surface area contributed by atoms with E-state index in [0.29, 0.717) is 18.8 Å². The molecule has 0 radical (unpaired) electrons. The van der Waals surface area contributed by atoms with Crippen molar-refractivity contribution in [2.45, 2.75) is 58.6 Å². The Morgan fingerprint density at radius 3 is 2.40 bits per heavy atom. The average molecular weight is 416 g/mol. The summed E-state index contributed by atoms with van der Waals surface area (Å²) in [7, 11) is 1.37. The number of likely N-dealkylation sites (tertiary alicyclic amines) is 1. The molecular weight excluding hydrogens is 390 g/mol. The van der Waals surface area contributed by atoms with Crippen molar-refractivity contribution >= 4 is 28.0 Å². The predicted octanol–water partition coefficient (Wildman–Crippen LogP) is 3.24. The Morgan fingerprint density at radius 2 is 1.88 bits per heavy atom. The molecule has 2 heterocycles. The van der Waals surface area contributed by atoms with Gasteiger partial charge in [0.2, 0.25) is 0 Å². The number of nitrogens with zero attached hydrogens (tertiary/aromatic N) is 3. The molecule has 0 aromatic carbocycles. The van der Waals surface area contributed by atoms with Gasteiger partial charge in [-0.05, 0) is 56.5 Å². The Bertz CT molecular complexity index is 643. The highest BCUT2D eigenvalue weighted by Gasteiger charge is 2.29. The quantitative estimate of drug-likeness (QED) is 0.708. The predicted molar refractivity (Wildman–Crippen MR) is 96.5 cm³/mol. The molecular formula is C17H26BrN3O4. The number of esters is 1. The van der Waals surface area contributed by atoms with E-state index >= 15 is 0 Å². The zero-order valence-corrected chi connectivity index (χ0v) is 17.1. The largest absolute Gasteiger partial charge is 0.469 e. The summed E-state index contributed by atoms with van der Waals surface area (Å²) in [6.45, 7) is 8.82. The molecule has 7 nitrogen and oxygen atoms in total. The highest BCUT2D eigenvalue weighted by Crippen LogP contribution is 2.29. The van der Waals surface area contributed by atoms with Crippen molar-refractivity contribution in [1.29, 1.82) is 0 Å². The fraction of sp³-hybridized carbons (Fsp3) is 0.706. The van der Waals surface area contributed by atoms with Gasteiger partial charge in [-0.1, -0.05) is 0 Å². The smallest absolute Gasteiger partial charge is 0.410 e. The molecule has 2 rings (SSSR count). The summed E-state index contributed by atoms with van der Waals surface area (Å²) < 4.78 is 12.9. The number of halogens is 1. The van der Waals surface area contributed by atoms with Crippen LogP contribution < -0.4 is 0 Å². The van der Waals surface area contributed by atoms with Gasteiger partial charge < -0.3 is 14.4 Å². The number of hydrogen-bond donors (Lipinski definition) is 0. The number of methoxy groups -OCH3 is 1. The Hall–Kier alpha value is -1.57. The van der Waals surface area contributed by atoms with Crippen molar-refractivity contribution < 1.29 is 19.1 Å². The van der Waals surface area contributed by atoms with Crippen LogP contribution in [0, 0.1) is 6.92 Å². The molecule has 0 atom stereocenters. The molecule has 1 amide bonds. The molecule has 0 unspecified atom stereocenters. The number of amides is 1. The lowest BCUT2D eigenvalue weighted by Gasteiger charge is -2.33. The third-order valence-electron chi connectivity index (χ3n) is 4.14. The first-order valence-corrected chi connectivity index (χ1v) is 9.20. The van der Waals surface area contributed by atoms with Gasteiger partial charge in [-0.3, -0.25) is 9.48 Å². The van der Waals surface area contributed by atoms with Gasteiger partial charge in [0.25, 0.3) is 0 Å². The summed E-state index contributed by atoms with van der Waals surface area (Å²) in [5.41, 5.74) is 1.17. The summed E-state index contributed by atoms with van der Waals surface area (Å²) in [6, 6.07) is 0.196. The van der Waals surface area contributed by atoms with E-state index in [0.717, 1.165) is 23.0 Å². The normalized spacial score (nSPS) is 16.0. The molecule has 0 N–H and O–H groups in total. The second kappa shape index (κ2) is 7.76. The maximum atomic E-state index is 12.2. The van der Waals surface area contributed by atoms with E-state index in [1.807, 2.05) is 32.4 Å². The number of aromatic nitrogens is 2. The summed E-state index contributed by atoms with van der Waals surface area (Å²) in [4.78, 5) is 25.4. The minimum absolute atomic E-state index is 0.141. The molecule has 0 spiro atoms. The van der Waals surface area contributed by atoms with Crippen molar-refractivity contribution in [3.8, 4) is 0 Å². The maximum Gasteiger partial charge on any atom is 0.410 e. The van der Waals surface area contributed by atoms with Crippen molar-refractivity contribution in [1.82, 2.24) is 14.7 Å². The van der Waals surface area contributed by atoms with E-state index in [4.69, 9.17) is 9.47 Å². The van der Waals surface area contributed by atoms with Gasteiger partial charge in [-0.2, -0.15) is 5.10 Å². The molecule has 1 fully saturated rings. The summed E-state index contributed by atoms with van der Waals surface area (Å²) >= 11 is 3.52. The maximum absolute atomic E-state index is 12.2. The van der Waals surface area contributed by atoms with Crippen LogP contribution in [0.3, 0.4) is 0 Å². The van der Waals surface area contributed by atoms with Crippen LogP contribution in [-0.2, 0) is 20.7 Å². The number of hydrogen-bond acceptors (Lipinski definition) is 5. The van der Waals surface area contributed by atoms with Crippen LogP contribution >= 0.6 is 15.9 Å². The van der Waals surface area contributed by atoms with E-state index in [1.165, 1.54) is 7.11 Å². The highest BCUT2D eigenvalue weighted by molar-refractivity contribution is 9.10. The molecule has 1 aromatic rings.